The van der Waals surface area contributed by atoms with Gasteiger partial charge in [-0.15, -0.1) is 0 Å². The van der Waals surface area contributed by atoms with Crippen LogP contribution in [0.3, 0.4) is 0 Å². The summed E-state index contributed by atoms with van der Waals surface area (Å²) in [5, 5.41) is 2.82. The maximum absolute atomic E-state index is 11.2. The van der Waals surface area contributed by atoms with Gasteiger partial charge in [0.05, 0.1) is 12.4 Å². The average molecular weight is 303 g/mol. The fourth-order valence-electron chi connectivity index (χ4n) is 1.29. The second kappa shape index (κ2) is 7.22. The van der Waals surface area contributed by atoms with Crippen LogP contribution in [0.1, 0.15) is 13.3 Å². The molecular formula is C11H21N5O3S. The van der Waals surface area contributed by atoms with Crippen LogP contribution in [0.4, 0.5) is 11.9 Å². The summed E-state index contributed by atoms with van der Waals surface area (Å²) < 4.78 is 27.7. The summed E-state index contributed by atoms with van der Waals surface area (Å²) in [7, 11) is 0.393. The molecule has 8 nitrogen and oxygen atoms in total. The zero-order valence-corrected chi connectivity index (χ0v) is 13.1. The second-order valence-corrected chi connectivity index (χ2v) is 6.65. The monoisotopic (exact) mass is 303 g/mol. The minimum absolute atomic E-state index is 0.0369. The van der Waals surface area contributed by atoms with Crippen molar-refractivity contribution in [1.29, 1.82) is 0 Å². The fraction of sp³-hybridized carbons (Fsp3) is 0.727. The van der Waals surface area contributed by atoms with Crippen molar-refractivity contribution in [2.24, 2.45) is 0 Å². The molecule has 0 aliphatic rings. The van der Waals surface area contributed by atoms with Gasteiger partial charge in [0.1, 0.15) is 9.84 Å². The van der Waals surface area contributed by atoms with Gasteiger partial charge >= 0.3 is 6.01 Å². The first-order chi connectivity index (χ1) is 9.35. The highest BCUT2D eigenvalue weighted by molar-refractivity contribution is 7.90. The number of nitrogens with zero attached hydrogens (tertiary/aromatic N) is 4. The molecule has 1 aromatic rings. The van der Waals surface area contributed by atoms with Gasteiger partial charge in [-0.3, -0.25) is 0 Å². The van der Waals surface area contributed by atoms with Crippen LogP contribution in [-0.2, 0) is 9.84 Å². The van der Waals surface area contributed by atoms with E-state index in [-0.39, 0.29) is 11.8 Å². The van der Waals surface area contributed by atoms with E-state index in [0.717, 1.165) is 6.42 Å². The Labute approximate surface area is 119 Å². The lowest BCUT2D eigenvalue weighted by atomic mass is 10.5. The molecule has 0 saturated heterocycles. The number of nitrogens with one attached hydrogen (secondary N) is 1. The summed E-state index contributed by atoms with van der Waals surface area (Å²) in [6.45, 7) is 2.80. The van der Waals surface area contributed by atoms with E-state index in [2.05, 4.69) is 20.3 Å². The minimum atomic E-state index is -3.03. The van der Waals surface area contributed by atoms with Gasteiger partial charge in [0, 0.05) is 26.9 Å². The number of hydrogen-bond donors (Lipinski definition) is 1. The molecule has 1 N–H and O–H groups in total. The van der Waals surface area contributed by atoms with Gasteiger partial charge in [0.15, 0.2) is 0 Å². The number of anilines is 2. The summed E-state index contributed by atoms with van der Waals surface area (Å²) in [5.41, 5.74) is 0. The van der Waals surface area contributed by atoms with Crippen molar-refractivity contribution in [1.82, 2.24) is 15.0 Å². The molecule has 0 aliphatic heterocycles. The van der Waals surface area contributed by atoms with Crippen molar-refractivity contribution < 1.29 is 13.2 Å². The van der Waals surface area contributed by atoms with Gasteiger partial charge in [0.25, 0.3) is 0 Å². The van der Waals surface area contributed by atoms with Crippen molar-refractivity contribution in [2.45, 2.75) is 13.3 Å². The molecule has 0 unspecified atom stereocenters. The normalized spacial score (nSPS) is 11.2. The highest BCUT2D eigenvalue weighted by Crippen LogP contribution is 2.13. The van der Waals surface area contributed by atoms with Crippen molar-refractivity contribution in [3.63, 3.8) is 0 Å². The standard InChI is InChI=1S/C11H21N5O3S/c1-5-7-19-11-14-9(12-2)13-10(15-11)16(3)6-8-20(4,17)18/h5-8H2,1-4H3,(H,12,13,14,15). The topological polar surface area (TPSA) is 97.3 Å². The second-order valence-electron chi connectivity index (χ2n) is 4.39. The lowest BCUT2D eigenvalue weighted by Gasteiger charge is -2.17. The summed E-state index contributed by atoms with van der Waals surface area (Å²) in [6.07, 6.45) is 2.04. The molecule has 0 bridgehead atoms. The number of hydrogen-bond acceptors (Lipinski definition) is 8. The van der Waals surface area contributed by atoms with Gasteiger partial charge in [-0.2, -0.15) is 15.0 Å². The predicted molar refractivity (Wildman–Crippen MR) is 78.1 cm³/mol. The Bertz CT molecular complexity index is 535. The molecule has 0 aromatic carbocycles. The SMILES string of the molecule is CCCOc1nc(NC)nc(N(C)CCS(C)(=O)=O)n1. The first-order valence-corrected chi connectivity index (χ1v) is 8.37. The highest BCUT2D eigenvalue weighted by Gasteiger charge is 2.12. The molecule has 0 fully saturated rings. The minimum Gasteiger partial charge on any atom is -0.463 e. The molecule has 1 rings (SSSR count). The van der Waals surface area contributed by atoms with E-state index in [1.807, 2.05) is 6.92 Å². The van der Waals surface area contributed by atoms with Crippen LogP contribution < -0.4 is 15.0 Å². The number of rotatable bonds is 8. The van der Waals surface area contributed by atoms with Gasteiger partial charge in [0.2, 0.25) is 11.9 Å². The van der Waals surface area contributed by atoms with Crippen LogP contribution in [0.15, 0.2) is 0 Å². The van der Waals surface area contributed by atoms with E-state index < -0.39 is 9.84 Å². The third-order valence-corrected chi connectivity index (χ3v) is 3.33. The lowest BCUT2D eigenvalue weighted by Crippen LogP contribution is -2.27. The lowest BCUT2D eigenvalue weighted by molar-refractivity contribution is 0.292. The Hall–Kier alpha value is -1.64. The molecule has 114 valence electrons. The summed E-state index contributed by atoms with van der Waals surface area (Å²) >= 11 is 0. The van der Waals surface area contributed by atoms with Crippen molar-refractivity contribution in [3.05, 3.63) is 0 Å². The molecule has 9 heteroatoms. The van der Waals surface area contributed by atoms with Crippen molar-refractivity contribution in [2.75, 3.05) is 49.5 Å². The Balaban J connectivity index is 2.86. The zero-order chi connectivity index (χ0) is 15.2. The smallest absolute Gasteiger partial charge is 0.323 e. The first kappa shape index (κ1) is 16.4. The third kappa shape index (κ3) is 5.55. The van der Waals surface area contributed by atoms with Crippen LogP contribution in [0.5, 0.6) is 6.01 Å². The van der Waals surface area contributed by atoms with Gasteiger partial charge in [-0.05, 0) is 6.42 Å². The van der Waals surface area contributed by atoms with Crippen LogP contribution in [0.25, 0.3) is 0 Å². The Kier molecular flexibility index (Phi) is 5.93. The Morgan fingerprint density at radius 1 is 1.30 bits per heavy atom. The van der Waals surface area contributed by atoms with Crippen LogP contribution in [0.2, 0.25) is 0 Å². The molecule has 1 heterocycles. The van der Waals surface area contributed by atoms with Crippen LogP contribution >= 0.6 is 0 Å². The predicted octanol–water partition coefficient (Wildman–Crippen LogP) is 0.183. The number of aromatic nitrogens is 3. The van der Waals surface area contributed by atoms with Crippen molar-refractivity contribution >= 4 is 21.7 Å². The zero-order valence-electron chi connectivity index (χ0n) is 12.3. The van der Waals surface area contributed by atoms with Gasteiger partial charge < -0.3 is 15.0 Å². The summed E-state index contributed by atoms with van der Waals surface area (Å²) in [5.74, 6) is 0.793. The highest BCUT2D eigenvalue weighted by atomic mass is 32.2. The molecule has 0 atom stereocenters. The largest absolute Gasteiger partial charge is 0.463 e. The third-order valence-electron chi connectivity index (χ3n) is 2.40. The summed E-state index contributed by atoms with van der Waals surface area (Å²) in [6, 6.07) is 0.229. The van der Waals surface area contributed by atoms with E-state index in [0.29, 0.717) is 25.0 Å². The van der Waals surface area contributed by atoms with E-state index in [9.17, 15) is 8.42 Å². The van der Waals surface area contributed by atoms with E-state index >= 15 is 0 Å². The molecule has 1 aromatic heterocycles. The number of sulfone groups is 1. The fourth-order valence-corrected chi connectivity index (χ4v) is 1.89. The summed E-state index contributed by atoms with van der Waals surface area (Å²) in [4.78, 5) is 14.1. The maximum atomic E-state index is 11.2. The maximum Gasteiger partial charge on any atom is 0.323 e. The van der Waals surface area contributed by atoms with Gasteiger partial charge in [-0.1, -0.05) is 6.92 Å². The van der Waals surface area contributed by atoms with E-state index in [1.165, 1.54) is 6.26 Å². The number of ether oxygens (including phenoxy) is 1. The molecular weight excluding hydrogens is 282 g/mol. The molecule has 0 spiro atoms. The van der Waals surface area contributed by atoms with Crippen LogP contribution in [-0.4, -0.2) is 62.6 Å². The Morgan fingerprint density at radius 2 is 2.00 bits per heavy atom. The quantitative estimate of drug-likeness (QED) is 0.726. The first-order valence-electron chi connectivity index (χ1n) is 6.31. The molecule has 0 aliphatic carbocycles. The van der Waals surface area contributed by atoms with Crippen LogP contribution in [0, 0.1) is 0 Å². The van der Waals surface area contributed by atoms with Gasteiger partial charge in [-0.25, -0.2) is 8.42 Å². The Morgan fingerprint density at radius 3 is 2.55 bits per heavy atom. The molecule has 0 saturated carbocycles. The van der Waals surface area contributed by atoms with Crippen molar-refractivity contribution in [3.8, 4) is 6.01 Å². The van der Waals surface area contributed by atoms with E-state index in [4.69, 9.17) is 4.74 Å². The molecule has 20 heavy (non-hydrogen) atoms. The molecule has 0 radical (unpaired) electrons. The average Bonchev–Trinajstić information content (AvgIpc) is 2.41. The van der Waals surface area contributed by atoms with E-state index in [1.54, 1.807) is 19.0 Å². The molecule has 0 amide bonds.